The molecule has 0 saturated carbocycles. The number of allylic oxidation sites excluding steroid dienone is 2. The number of furan rings is 1. The molecule has 0 spiro atoms. The van der Waals surface area contributed by atoms with Gasteiger partial charge in [0, 0.05) is 69.4 Å². The van der Waals surface area contributed by atoms with E-state index in [4.69, 9.17) is 9.40 Å². The summed E-state index contributed by atoms with van der Waals surface area (Å²) in [5.74, 6) is 1.91. The molecule has 0 amide bonds. The van der Waals surface area contributed by atoms with Crippen molar-refractivity contribution < 1.29 is 34.4 Å². The molecule has 0 bridgehead atoms. The zero-order chi connectivity index (χ0) is 40.5. The van der Waals surface area contributed by atoms with Crippen molar-refractivity contribution in [1.82, 2.24) is 4.98 Å². The maximum atomic E-state index is 12.2. The number of benzene rings is 3. The summed E-state index contributed by atoms with van der Waals surface area (Å²) in [5, 5.41) is 15.0. The second kappa shape index (κ2) is 17.9. The number of aromatic nitrogens is 1. The minimum absolute atomic E-state index is 0. The van der Waals surface area contributed by atoms with E-state index in [9.17, 15) is 9.90 Å². The van der Waals surface area contributed by atoms with Gasteiger partial charge in [-0.15, -0.1) is 40.5 Å². The normalized spacial score (nSPS) is 12.6. The molecule has 6 rings (SSSR count). The Kier molecular flexibility index (Phi) is 14.4. The first-order valence-electron chi connectivity index (χ1n) is 20.2. The van der Waals surface area contributed by atoms with E-state index >= 15 is 0 Å². The summed E-state index contributed by atoms with van der Waals surface area (Å²) in [7, 11) is 0. The van der Waals surface area contributed by atoms with Crippen LogP contribution >= 0.6 is 11.3 Å². The van der Waals surface area contributed by atoms with E-state index in [2.05, 4.69) is 109 Å². The van der Waals surface area contributed by atoms with Crippen LogP contribution in [0.1, 0.15) is 124 Å². The molecule has 6 aromatic rings. The number of hydrogen-bond donors (Lipinski definition) is 1. The zero-order valence-electron chi connectivity index (χ0n) is 35.9. The molecule has 0 aliphatic heterocycles. The van der Waals surface area contributed by atoms with Gasteiger partial charge in [-0.25, -0.2) is 0 Å². The van der Waals surface area contributed by atoms with Crippen LogP contribution in [0.4, 0.5) is 0 Å². The van der Waals surface area contributed by atoms with E-state index in [1.807, 2.05) is 59.1 Å². The summed E-state index contributed by atoms with van der Waals surface area (Å²) >= 11 is 1.83. The average molecular weight is 949 g/mol. The Balaban J connectivity index is 0.000000330. The number of carbonyl (C=O) groups excluding carboxylic acids is 1. The third kappa shape index (κ3) is 9.09. The molecule has 1 N–H and O–H groups in total. The van der Waals surface area contributed by atoms with Gasteiger partial charge in [0.05, 0.1) is 0 Å². The molecule has 0 fully saturated rings. The predicted molar refractivity (Wildman–Crippen MR) is 236 cm³/mol. The van der Waals surface area contributed by atoms with E-state index in [0.29, 0.717) is 5.92 Å². The number of aliphatic hydroxyl groups is 1. The Labute approximate surface area is 353 Å². The first-order chi connectivity index (χ1) is 25.9. The summed E-state index contributed by atoms with van der Waals surface area (Å²) in [5.41, 5.74) is 7.57. The predicted octanol–water partition coefficient (Wildman–Crippen LogP) is 15.1. The molecule has 3 aromatic carbocycles. The third-order valence-corrected chi connectivity index (χ3v) is 13.5. The zero-order valence-corrected chi connectivity index (χ0v) is 39.1. The van der Waals surface area contributed by atoms with Crippen LogP contribution in [0.25, 0.3) is 53.5 Å². The SMILES string of the molecule is CCC(C)(CC)C(=O)/C=C(\O)C(C)(CC)CC.Cc1oc2cc(-c3sc4ccnc(-c5[c-]c6ccccc6c(C(C)(C)C)c5)c4c3C)ccc2c1CC(C)C.[Ir]. The summed E-state index contributed by atoms with van der Waals surface area (Å²) in [6.07, 6.45) is 7.73. The molecule has 0 aliphatic rings. The summed E-state index contributed by atoms with van der Waals surface area (Å²) in [4.78, 5) is 18.4. The van der Waals surface area contributed by atoms with Crippen LogP contribution in [0.15, 0.2) is 77.0 Å². The summed E-state index contributed by atoms with van der Waals surface area (Å²) in [6, 6.07) is 23.4. The minimum Gasteiger partial charge on any atom is -0.512 e. The number of carbonyl (C=O) groups is 1. The van der Waals surface area contributed by atoms with Crippen molar-refractivity contribution in [3.8, 4) is 21.7 Å². The van der Waals surface area contributed by atoms with Crippen LogP contribution in [-0.2, 0) is 36.7 Å². The number of nitrogens with zero attached hydrogens (tertiary/aromatic N) is 1. The number of aryl methyl sites for hydroxylation is 2. The van der Waals surface area contributed by atoms with Crippen molar-refractivity contribution in [2.24, 2.45) is 16.7 Å². The average Bonchev–Trinajstić information content (AvgIpc) is 3.67. The molecule has 0 unspecified atom stereocenters. The summed E-state index contributed by atoms with van der Waals surface area (Å²) in [6.45, 7) is 27.8. The van der Waals surface area contributed by atoms with Crippen LogP contribution in [0.3, 0.4) is 0 Å². The van der Waals surface area contributed by atoms with Gasteiger partial charge in [-0.05, 0) is 85.9 Å². The van der Waals surface area contributed by atoms with Gasteiger partial charge in [0.15, 0.2) is 5.78 Å². The molecule has 3 heterocycles. The number of pyridine rings is 1. The van der Waals surface area contributed by atoms with Crippen LogP contribution in [-0.4, -0.2) is 15.9 Å². The topological polar surface area (TPSA) is 63.3 Å². The Morgan fingerprint density at radius 1 is 0.893 bits per heavy atom. The van der Waals surface area contributed by atoms with Gasteiger partial charge in [0.25, 0.3) is 0 Å². The number of rotatable bonds is 11. The van der Waals surface area contributed by atoms with Gasteiger partial charge in [-0.3, -0.25) is 9.78 Å². The van der Waals surface area contributed by atoms with Crippen LogP contribution in [0.2, 0.25) is 0 Å². The Bertz CT molecular complexity index is 2340. The second-order valence-corrected chi connectivity index (χ2v) is 18.4. The van der Waals surface area contributed by atoms with Crippen molar-refractivity contribution in [2.45, 2.75) is 128 Å². The Hall–Kier alpha value is -3.57. The fraction of sp³-hybridized carbons (Fsp3) is 0.440. The molecular formula is C50H62IrNO3S-. The Morgan fingerprint density at radius 3 is 2.14 bits per heavy atom. The smallest absolute Gasteiger partial charge is 0.164 e. The first-order valence-corrected chi connectivity index (χ1v) is 21.0. The van der Waals surface area contributed by atoms with Crippen molar-refractivity contribution in [3.63, 3.8) is 0 Å². The van der Waals surface area contributed by atoms with E-state index in [1.165, 1.54) is 54.1 Å². The number of fused-ring (bicyclic) bond motifs is 3. The van der Waals surface area contributed by atoms with Crippen LogP contribution < -0.4 is 0 Å². The van der Waals surface area contributed by atoms with E-state index < -0.39 is 0 Å². The molecule has 301 valence electrons. The molecule has 6 heteroatoms. The van der Waals surface area contributed by atoms with Gasteiger partial charge in [0.1, 0.15) is 17.1 Å². The fourth-order valence-corrected chi connectivity index (χ4v) is 8.61. The summed E-state index contributed by atoms with van der Waals surface area (Å²) < 4.78 is 7.49. The number of aliphatic hydroxyl groups excluding tert-OH is 1. The molecule has 1 radical (unpaired) electrons. The van der Waals surface area contributed by atoms with Crippen LogP contribution in [0, 0.1) is 36.7 Å². The molecule has 4 nitrogen and oxygen atoms in total. The molecular weight excluding hydrogens is 887 g/mol. The molecule has 0 saturated heterocycles. The van der Waals surface area contributed by atoms with Crippen molar-refractivity contribution in [3.05, 3.63) is 101 Å². The van der Waals surface area contributed by atoms with Gasteiger partial charge in [-0.1, -0.05) is 117 Å². The molecule has 0 atom stereocenters. The minimum atomic E-state index is -0.337. The van der Waals surface area contributed by atoms with Crippen molar-refractivity contribution in [1.29, 1.82) is 0 Å². The maximum Gasteiger partial charge on any atom is 0.164 e. The number of thiophene rings is 1. The maximum absolute atomic E-state index is 12.2. The van der Waals surface area contributed by atoms with Crippen LogP contribution in [0.5, 0.6) is 0 Å². The van der Waals surface area contributed by atoms with E-state index in [0.717, 1.165) is 60.1 Å². The molecule has 3 aromatic heterocycles. The molecule has 0 aliphatic carbocycles. The van der Waals surface area contributed by atoms with E-state index in [-0.39, 0.29) is 47.9 Å². The fourth-order valence-electron chi connectivity index (χ4n) is 7.41. The Morgan fingerprint density at radius 2 is 1.54 bits per heavy atom. The standard InChI is InChI=1S/C35H34NOS.C15H28O2.Ir/c1-20(2)16-28-22(4)37-30-19-24(12-13-27(28)30)34-21(3)32-31(38-34)14-15-36-33(32)25-17-23-10-8-9-11-26(23)29(18-25)35(5,6)7;1-7-14(5,8-2)12(16)11-13(17)15(6,9-3)10-4;/h8-15,18-20H,16H2,1-7H3;11,16H,7-10H2,1-6H3;/q-1;;/b;12-11-;. The first kappa shape index (κ1) is 45.1. The largest absolute Gasteiger partial charge is 0.512 e. The third-order valence-electron chi connectivity index (χ3n) is 12.2. The quantitative estimate of drug-likeness (QED) is 0.0798. The number of ketones is 1. The van der Waals surface area contributed by atoms with Crippen molar-refractivity contribution in [2.75, 3.05) is 0 Å². The van der Waals surface area contributed by atoms with Gasteiger partial charge in [-0.2, -0.15) is 0 Å². The van der Waals surface area contributed by atoms with Crippen molar-refractivity contribution >= 4 is 48.9 Å². The molecule has 56 heavy (non-hydrogen) atoms. The van der Waals surface area contributed by atoms with Gasteiger partial charge >= 0.3 is 0 Å². The monoisotopic (exact) mass is 949 g/mol. The number of hydrogen-bond acceptors (Lipinski definition) is 5. The van der Waals surface area contributed by atoms with Gasteiger partial charge < -0.3 is 9.52 Å². The van der Waals surface area contributed by atoms with Gasteiger partial charge in [0.2, 0.25) is 0 Å². The van der Waals surface area contributed by atoms with E-state index in [1.54, 1.807) is 0 Å². The second-order valence-electron chi connectivity index (χ2n) is 17.4.